The standard InChI is InChI=1S/C12H16N2O2.C8H15N3/c1-13-10-5-2-4-9-11(16)6-3-7-14(8-15)12(9)10;1-6-8(4-3-5-9)7(2)11-10-6/h2,4-5,8,11,13,16H,3,6-7H2,1H3;3-5,9H2,1-2H3,(H,10,11). The van der Waals surface area contributed by atoms with Gasteiger partial charge in [-0.2, -0.15) is 5.10 Å². The lowest BCUT2D eigenvalue weighted by atomic mass is 10.0. The van der Waals surface area contributed by atoms with Crippen LogP contribution in [0.25, 0.3) is 0 Å². The minimum atomic E-state index is -0.478. The van der Waals surface area contributed by atoms with Crippen LogP contribution in [0.1, 0.15) is 47.9 Å². The quantitative estimate of drug-likeness (QED) is 0.602. The van der Waals surface area contributed by atoms with Crippen LogP contribution < -0.4 is 16.0 Å². The summed E-state index contributed by atoms with van der Waals surface area (Å²) in [5.41, 5.74) is 11.5. The number of aliphatic hydroxyl groups is 1. The molecule has 0 aliphatic carbocycles. The Hall–Kier alpha value is -2.38. The van der Waals surface area contributed by atoms with Crippen LogP contribution in [-0.2, 0) is 11.2 Å². The number of nitrogens with one attached hydrogen (secondary N) is 2. The number of carbonyl (C=O) groups excluding carboxylic acids is 1. The van der Waals surface area contributed by atoms with Gasteiger partial charge in [-0.25, -0.2) is 0 Å². The molecule has 27 heavy (non-hydrogen) atoms. The number of benzene rings is 1. The minimum absolute atomic E-state index is 0.478. The van der Waals surface area contributed by atoms with E-state index in [1.165, 1.54) is 11.3 Å². The van der Waals surface area contributed by atoms with Gasteiger partial charge >= 0.3 is 0 Å². The smallest absolute Gasteiger partial charge is 0.214 e. The average Bonchev–Trinajstić information content (AvgIpc) is 2.90. The number of rotatable bonds is 5. The number of hydrogen-bond acceptors (Lipinski definition) is 5. The van der Waals surface area contributed by atoms with Gasteiger partial charge in [-0.15, -0.1) is 0 Å². The van der Waals surface area contributed by atoms with Crippen LogP contribution in [0.4, 0.5) is 11.4 Å². The van der Waals surface area contributed by atoms with E-state index in [9.17, 15) is 9.90 Å². The van der Waals surface area contributed by atoms with Crippen LogP contribution in [-0.4, -0.2) is 41.9 Å². The van der Waals surface area contributed by atoms with Crippen molar-refractivity contribution in [1.82, 2.24) is 10.2 Å². The summed E-state index contributed by atoms with van der Waals surface area (Å²) in [6, 6.07) is 5.68. The molecule has 0 radical (unpaired) electrons. The van der Waals surface area contributed by atoms with E-state index in [4.69, 9.17) is 5.73 Å². The van der Waals surface area contributed by atoms with E-state index in [1.54, 1.807) is 4.90 Å². The molecule has 1 amide bonds. The third-order valence-electron chi connectivity index (χ3n) is 4.90. The second-order valence-electron chi connectivity index (χ2n) is 6.76. The Morgan fingerprint density at radius 2 is 2.22 bits per heavy atom. The summed E-state index contributed by atoms with van der Waals surface area (Å²) in [7, 11) is 1.82. The molecule has 5 N–H and O–H groups in total. The summed E-state index contributed by atoms with van der Waals surface area (Å²) in [5, 5.41) is 20.1. The summed E-state index contributed by atoms with van der Waals surface area (Å²) in [4.78, 5) is 12.7. The number of para-hydroxylation sites is 1. The molecule has 7 heteroatoms. The lowest BCUT2D eigenvalue weighted by Gasteiger charge is -2.21. The summed E-state index contributed by atoms with van der Waals surface area (Å²) in [5.74, 6) is 0. The molecular formula is C20H31N5O2. The van der Waals surface area contributed by atoms with Gasteiger partial charge in [-0.05, 0) is 57.7 Å². The first-order chi connectivity index (χ1) is 13.0. The molecule has 3 rings (SSSR count). The Bertz CT molecular complexity index is 724. The monoisotopic (exact) mass is 373 g/mol. The van der Waals surface area contributed by atoms with Gasteiger partial charge in [0.15, 0.2) is 0 Å². The third-order valence-corrected chi connectivity index (χ3v) is 4.90. The highest BCUT2D eigenvalue weighted by Gasteiger charge is 2.23. The number of nitrogens with zero attached hydrogens (tertiary/aromatic N) is 2. The number of anilines is 2. The Kier molecular flexibility index (Phi) is 7.82. The van der Waals surface area contributed by atoms with E-state index in [0.29, 0.717) is 13.0 Å². The molecular weight excluding hydrogens is 342 g/mol. The molecule has 1 unspecified atom stereocenters. The second-order valence-corrected chi connectivity index (χ2v) is 6.76. The van der Waals surface area contributed by atoms with Gasteiger partial charge in [-0.1, -0.05) is 12.1 Å². The zero-order valence-electron chi connectivity index (χ0n) is 16.5. The number of amides is 1. The van der Waals surface area contributed by atoms with E-state index in [2.05, 4.69) is 15.5 Å². The highest BCUT2D eigenvalue weighted by Crippen LogP contribution is 2.37. The summed E-state index contributed by atoms with van der Waals surface area (Å²) in [6.45, 7) is 5.48. The lowest BCUT2D eigenvalue weighted by molar-refractivity contribution is -0.107. The number of hydrogen-bond donors (Lipinski definition) is 4. The van der Waals surface area contributed by atoms with Gasteiger partial charge in [0.2, 0.25) is 6.41 Å². The molecule has 1 aromatic heterocycles. The zero-order valence-corrected chi connectivity index (χ0v) is 16.5. The van der Waals surface area contributed by atoms with Crippen LogP contribution in [0.15, 0.2) is 18.2 Å². The molecule has 0 saturated carbocycles. The average molecular weight is 374 g/mol. The first-order valence-corrected chi connectivity index (χ1v) is 9.44. The van der Waals surface area contributed by atoms with Crippen molar-refractivity contribution in [1.29, 1.82) is 0 Å². The van der Waals surface area contributed by atoms with Gasteiger partial charge in [0.25, 0.3) is 0 Å². The number of carbonyl (C=O) groups is 1. The maximum atomic E-state index is 11.1. The number of aromatic amines is 1. The van der Waals surface area contributed by atoms with Crippen LogP contribution >= 0.6 is 0 Å². The number of aliphatic hydroxyl groups excluding tert-OH is 1. The van der Waals surface area contributed by atoms with Crippen molar-refractivity contribution in [2.24, 2.45) is 5.73 Å². The first-order valence-electron chi connectivity index (χ1n) is 9.44. The fourth-order valence-corrected chi connectivity index (χ4v) is 3.40. The lowest BCUT2D eigenvalue weighted by Crippen LogP contribution is -2.22. The van der Waals surface area contributed by atoms with Crippen molar-refractivity contribution in [2.45, 2.75) is 45.6 Å². The molecule has 0 bridgehead atoms. The van der Waals surface area contributed by atoms with Crippen molar-refractivity contribution in [2.75, 3.05) is 30.4 Å². The Morgan fingerprint density at radius 1 is 1.44 bits per heavy atom. The van der Waals surface area contributed by atoms with Crippen molar-refractivity contribution in [3.63, 3.8) is 0 Å². The SMILES string of the molecule is CNc1cccc2c1N(C=O)CCCC2O.Cc1n[nH]c(C)c1CCCN. The Morgan fingerprint density at radius 3 is 2.81 bits per heavy atom. The number of fused-ring (bicyclic) bond motifs is 1. The predicted molar refractivity (Wildman–Crippen MR) is 109 cm³/mol. The molecule has 0 saturated heterocycles. The topological polar surface area (TPSA) is 107 Å². The van der Waals surface area contributed by atoms with Gasteiger partial charge in [0.1, 0.15) is 0 Å². The maximum Gasteiger partial charge on any atom is 0.214 e. The summed E-state index contributed by atoms with van der Waals surface area (Å²) in [6.07, 6.45) is 3.96. The highest BCUT2D eigenvalue weighted by atomic mass is 16.3. The summed E-state index contributed by atoms with van der Waals surface area (Å²) < 4.78 is 0. The molecule has 1 aliphatic rings. The van der Waals surface area contributed by atoms with Crippen LogP contribution in [0, 0.1) is 13.8 Å². The molecule has 1 aliphatic heterocycles. The van der Waals surface area contributed by atoms with E-state index in [1.807, 2.05) is 39.1 Å². The van der Waals surface area contributed by atoms with E-state index in [0.717, 1.165) is 54.8 Å². The highest BCUT2D eigenvalue weighted by molar-refractivity contribution is 5.86. The number of aryl methyl sites for hydroxylation is 2. The largest absolute Gasteiger partial charge is 0.388 e. The number of H-pyrrole nitrogens is 1. The van der Waals surface area contributed by atoms with E-state index < -0.39 is 6.10 Å². The fraction of sp³-hybridized carbons (Fsp3) is 0.500. The Balaban J connectivity index is 0.000000208. The molecule has 2 aromatic rings. The van der Waals surface area contributed by atoms with Crippen molar-refractivity contribution < 1.29 is 9.90 Å². The molecule has 148 valence electrons. The van der Waals surface area contributed by atoms with Gasteiger partial charge in [0.05, 0.1) is 23.2 Å². The first kappa shape index (κ1) is 20.9. The third kappa shape index (κ3) is 5.08. The van der Waals surface area contributed by atoms with Gasteiger partial charge < -0.3 is 21.1 Å². The van der Waals surface area contributed by atoms with Gasteiger partial charge in [0, 0.05) is 24.8 Å². The number of aromatic nitrogens is 2. The predicted octanol–water partition coefficient (Wildman–Crippen LogP) is 2.44. The van der Waals surface area contributed by atoms with Crippen LogP contribution in [0.3, 0.4) is 0 Å². The molecule has 1 aromatic carbocycles. The molecule has 0 fully saturated rings. The fourth-order valence-electron chi connectivity index (χ4n) is 3.40. The Labute approximate surface area is 161 Å². The minimum Gasteiger partial charge on any atom is -0.388 e. The normalized spacial score (nSPS) is 16.0. The molecule has 2 heterocycles. The second kappa shape index (κ2) is 10.1. The number of nitrogens with two attached hydrogens (primary N) is 1. The van der Waals surface area contributed by atoms with Gasteiger partial charge in [-0.3, -0.25) is 9.89 Å². The van der Waals surface area contributed by atoms with Crippen LogP contribution in [0.5, 0.6) is 0 Å². The van der Waals surface area contributed by atoms with E-state index in [-0.39, 0.29) is 0 Å². The van der Waals surface area contributed by atoms with Crippen LogP contribution in [0.2, 0.25) is 0 Å². The van der Waals surface area contributed by atoms with Crippen molar-refractivity contribution in [3.8, 4) is 0 Å². The molecule has 7 nitrogen and oxygen atoms in total. The zero-order chi connectivity index (χ0) is 19.8. The molecule has 1 atom stereocenters. The van der Waals surface area contributed by atoms with Crippen molar-refractivity contribution in [3.05, 3.63) is 40.7 Å². The van der Waals surface area contributed by atoms with E-state index >= 15 is 0 Å². The molecule has 0 spiro atoms. The van der Waals surface area contributed by atoms with Crippen molar-refractivity contribution >= 4 is 17.8 Å². The summed E-state index contributed by atoms with van der Waals surface area (Å²) >= 11 is 0. The maximum absolute atomic E-state index is 11.1.